The number of anilines is 1. The minimum Gasteiger partial charge on any atom is -0.326 e. The molecule has 17 heavy (non-hydrogen) atoms. The van der Waals surface area contributed by atoms with E-state index in [4.69, 9.17) is 5.73 Å². The van der Waals surface area contributed by atoms with Crippen molar-refractivity contribution in [3.05, 3.63) is 23.9 Å². The Bertz CT molecular complexity index is 440. The molecule has 1 rings (SSSR count). The molecule has 0 bridgehead atoms. The summed E-state index contributed by atoms with van der Waals surface area (Å²) in [6.07, 6.45) is 2.20. The van der Waals surface area contributed by atoms with E-state index in [9.17, 15) is 8.42 Å². The molecule has 0 aromatic carbocycles. The van der Waals surface area contributed by atoms with Gasteiger partial charge in [0.1, 0.15) is 5.82 Å². The maximum atomic E-state index is 11.7. The maximum absolute atomic E-state index is 11.7. The highest BCUT2D eigenvalue weighted by atomic mass is 32.2. The van der Waals surface area contributed by atoms with E-state index in [-0.39, 0.29) is 5.75 Å². The average molecular weight is 257 g/mol. The summed E-state index contributed by atoms with van der Waals surface area (Å²) in [7, 11) is -3.29. The zero-order valence-corrected chi connectivity index (χ0v) is 11.0. The van der Waals surface area contributed by atoms with Crippen molar-refractivity contribution in [2.45, 2.75) is 26.8 Å². The Morgan fingerprint density at radius 3 is 2.59 bits per heavy atom. The first-order valence-electron chi connectivity index (χ1n) is 5.58. The van der Waals surface area contributed by atoms with E-state index in [0.717, 1.165) is 5.56 Å². The van der Waals surface area contributed by atoms with Gasteiger partial charge in [-0.15, -0.1) is 0 Å². The number of rotatable bonds is 6. The Kier molecular flexibility index (Phi) is 4.89. The normalized spacial score (nSPS) is 11.8. The van der Waals surface area contributed by atoms with Gasteiger partial charge < -0.3 is 5.73 Å². The van der Waals surface area contributed by atoms with Crippen LogP contribution in [0.15, 0.2) is 18.3 Å². The molecule has 1 aromatic rings. The summed E-state index contributed by atoms with van der Waals surface area (Å²) in [5.74, 6) is 0.815. The summed E-state index contributed by atoms with van der Waals surface area (Å²) in [4.78, 5) is 3.99. The third-order valence-electron chi connectivity index (χ3n) is 2.28. The van der Waals surface area contributed by atoms with E-state index in [1.165, 1.54) is 0 Å². The number of nitrogens with two attached hydrogens (primary N) is 1. The molecule has 0 aliphatic rings. The van der Waals surface area contributed by atoms with Crippen LogP contribution < -0.4 is 10.5 Å². The summed E-state index contributed by atoms with van der Waals surface area (Å²) in [6, 6.07) is 3.38. The molecule has 1 aromatic heterocycles. The Balaban J connectivity index is 2.63. The average Bonchev–Trinajstić information content (AvgIpc) is 2.27. The molecule has 0 fully saturated rings. The zero-order valence-electron chi connectivity index (χ0n) is 10.2. The lowest BCUT2D eigenvalue weighted by Gasteiger charge is -2.08. The molecule has 0 aliphatic carbocycles. The molecule has 0 amide bonds. The molecule has 0 saturated heterocycles. The first kappa shape index (κ1) is 13.9. The Morgan fingerprint density at radius 1 is 1.41 bits per heavy atom. The van der Waals surface area contributed by atoms with Crippen LogP contribution in [0, 0.1) is 5.92 Å². The predicted octanol–water partition coefficient (Wildman–Crippen LogP) is 1.33. The second-order valence-electron chi connectivity index (χ2n) is 4.36. The molecule has 1 heterocycles. The van der Waals surface area contributed by atoms with Crippen molar-refractivity contribution in [3.8, 4) is 0 Å². The molecular formula is C11H19N3O2S. The number of nitrogens with one attached hydrogen (secondary N) is 1. The van der Waals surface area contributed by atoms with Gasteiger partial charge in [-0.2, -0.15) is 0 Å². The van der Waals surface area contributed by atoms with E-state index in [0.29, 0.717) is 24.7 Å². The van der Waals surface area contributed by atoms with Gasteiger partial charge in [-0.3, -0.25) is 4.72 Å². The number of nitrogens with zero attached hydrogens (tertiary/aromatic N) is 1. The Labute approximate surface area is 102 Å². The fraction of sp³-hybridized carbons (Fsp3) is 0.545. The molecule has 3 N–H and O–H groups in total. The van der Waals surface area contributed by atoms with E-state index in [1.54, 1.807) is 18.3 Å². The number of hydrogen-bond donors (Lipinski definition) is 2. The Hall–Kier alpha value is -1.14. The summed E-state index contributed by atoms with van der Waals surface area (Å²) >= 11 is 0. The fourth-order valence-corrected chi connectivity index (χ4v) is 2.53. The topological polar surface area (TPSA) is 85.1 Å². The van der Waals surface area contributed by atoms with Crippen molar-refractivity contribution in [2.24, 2.45) is 11.7 Å². The lowest BCUT2D eigenvalue weighted by atomic mass is 10.2. The lowest BCUT2D eigenvalue weighted by Crippen LogP contribution is -2.18. The second kappa shape index (κ2) is 5.97. The smallest absolute Gasteiger partial charge is 0.233 e. The minimum absolute atomic E-state index is 0.116. The Morgan fingerprint density at radius 2 is 2.12 bits per heavy atom. The highest BCUT2D eigenvalue weighted by Crippen LogP contribution is 2.09. The highest BCUT2D eigenvalue weighted by molar-refractivity contribution is 7.92. The zero-order chi connectivity index (χ0) is 12.9. The SMILES string of the molecule is CC(C)CCS(=O)(=O)Nc1ccc(CN)cn1. The predicted molar refractivity (Wildman–Crippen MR) is 69.0 cm³/mol. The first-order chi connectivity index (χ1) is 7.93. The van der Waals surface area contributed by atoms with Gasteiger partial charge in [0.2, 0.25) is 10.0 Å². The fourth-order valence-electron chi connectivity index (χ4n) is 1.21. The number of sulfonamides is 1. The third kappa shape index (κ3) is 5.14. The van der Waals surface area contributed by atoms with Crippen LogP contribution in [0.3, 0.4) is 0 Å². The van der Waals surface area contributed by atoms with Gasteiger partial charge >= 0.3 is 0 Å². The van der Waals surface area contributed by atoms with Gasteiger partial charge in [-0.25, -0.2) is 13.4 Å². The lowest BCUT2D eigenvalue weighted by molar-refractivity contribution is 0.578. The molecule has 96 valence electrons. The summed E-state index contributed by atoms with van der Waals surface area (Å²) in [6.45, 7) is 4.38. The van der Waals surface area contributed by atoms with Gasteiger partial charge in [0.25, 0.3) is 0 Å². The standard InChI is InChI=1S/C11H19N3O2S/c1-9(2)5-6-17(15,16)14-11-4-3-10(7-12)8-13-11/h3-4,8-9H,5-7,12H2,1-2H3,(H,13,14). The van der Waals surface area contributed by atoms with E-state index >= 15 is 0 Å². The monoisotopic (exact) mass is 257 g/mol. The molecule has 5 nitrogen and oxygen atoms in total. The van der Waals surface area contributed by atoms with Crippen molar-refractivity contribution in [3.63, 3.8) is 0 Å². The summed E-state index contributed by atoms with van der Waals surface area (Å²) in [5, 5.41) is 0. The molecule has 0 spiro atoms. The molecule has 6 heteroatoms. The van der Waals surface area contributed by atoms with E-state index in [1.807, 2.05) is 13.8 Å². The van der Waals surface area contributed by atoms with Gasteiger partial charge in [-0.1, -0.05) is 19.9 Å². The molecule has 0 atom stereocenters. The second-order valence-corrected chi connectivity index (χ2v) is 6.20. The van der Waals surface area contributed by atoms with Gasteiger partial charge in [0.15, 0.2) is 0 Å². The third-order valence-corrected chi connectivity index (χ3v) is 3.58. The van der Waals surface area contributed by atoms with Crippen molar-refractivity contribution in [1.82, 2.24) is 4.98 Å². The first-order valence-corrected chi connectivity index (χ1v) is 7.23. The molecule has 0 unspecified atom stereocenters. The molecule has 0 aliphatic heterocycles. The van der Waals surface area contributed by atoms with Crippen LogP contribution in [-0.4, -0.2) is 19.2 Å². The molecule has 0 radical (unpaired) electrons. The summed E-state index contributed by atoms with van der Waals surface area (Å²) < 4.78 is 25.8. The van der Waals surface area contributed by atoms with E-state index < -0.39 is 10.0 Å². The highest BCUT2D eigenvalue weighted by Gasteiger charge is 2.11. The van der Waals surface area contributed by atoms with Crippen LogP contribution in [0.2, 0.25) is 0 Å². The van der Waals surface area contributed by atoms with Crippen LogP contribution in [-0.2, 0) is 16.6 Å². The van der Waals surface area contributed by atoms with Crippen molar-refractivity contribution >= 4 is 15.8 Å². The number of aromatic nitrogens is 1. The largest absolute Gasteiger partial charge is 0.326 e. The number of pyridine rings is 1. The molecule has 0 saturated carbocycles. The number of hydrogen-bond acceptors (Lipinski definition) is 4. The maximum Gasteiger partial charge on any atom is 0.233 e. The van der Waals surface area contributed by atoms with E-state index in [2.05, 4.69) is 9.71 Å². The van der Waals surface area contributed by atoms with Crippen LogP contribution in [0.5, 0.6) is 0 Å². The van der Waals surface area contributed by atoms with Crippen molar-refractivity contribution < 1.29 is 8.42 Å². The van der Waals surface area contributed by atoms with Crippen molar-refractivity contribution in [2.75, 3.05) is 10.5 Å². The summed E-state index contributed by atoms with van der Waals surface area (Å²) in [5.41, 5.74) is 6.30. The molecular weight excluding hydrogens is 238 g/mol. The van der Waals surface area contributed by atoms with Crippen LogP contribution in [0.4, 0.5) is 5.82 Å². The van der Waals surface area contributed by atoms with Crippen LogP contribution in [0.1, 0.15) is 25.8 Å². The van der Waals surface area contributed by atoms with Crippen molar-refractivity contribution in [1.29, 1.82) is 0 Å². The van der Waals surface area contributed by atoms with Crippen LogP contribution in [0.25, 0.3) is 0 Å². The van der Waals surface area contributed by atoms with Gasteiger partial charge in [0.05, 0.1) is 5.75 Å². The van der Waals surface area contributed by atoms with Crippen LogP contribution >= 0.6 is 0 Å². The van der Waals surface area contributed by atoms with Gasteiger partial charge in [0, 0.05) is 12.7 Å². The van der Waals surface area contributed by atoms with Gasteiger partial charge in [-0.05, 0) is 24.0 Å². The quantitative estimate of drug-likeness (QED) is 0.805. The minimum atomic E-state index is -3.29.